The van der Waals surface area contributed by atoms with E-state index in [9.17, 15) is 9.90 Å². The zero-order chi connectivity index (χ0) is 13.9. The van der Waals surface area contributed by atoms with Gasteiger partial charge in [0.1, 0.15) is 0 Å². The maximum absolute atomic E-state index is 11.4. The molecule has 0 fully saturated rings. The van der Waals surface area contributed by atoms with Crippen LogP contribution in [0.5, 0.6) is 0 Å². The molecule has 1 aromatic carbocycles. The van der Waals surface area contributed by atoms with E-state index in [2.05, 4.69) is 15.0 Å². The predicted molar refractivity (Wildman–Crippen MR) is 74.9 cm³/mol. The molecule has 0 aliphatic carbocycles. The summed E-state index contributed by atoms with van der Waals surface area (Å²) in [7, 11) is 0. The van der Waals surface area contributed by atoms with Crippen LogP contribution < -0.4 is 0 Å². The summed E-state index contributed by atoms with van der Waals surface area (Å²) in [5, 5.41) is 10.6. The van der Waals surface area contributed by atoms with Gasteiger partial charge in [-0.15, -0.1) is 0 Å². The number of benzene rings is 1. The van der Waals surface area contributed by atoms with Crippen LogP contribution in [0.1, 0.15) is 10.4 Å². The highest BCUT2D eigenvalue weighted by molar-refractivity contribution is 7.99. The quantitative estimate of drug-likeness (QED) is 0.745. The van der Waals surface area contributed by atoms with Gasteiger partial charge in [-0.3, -0.25) is 4.98 Å². The van der Waals surface area contributed by atoms with Gasteiger partial charge in [-0.1, -0.05) is 18.2 Å². The van der Waals surface area contributed by atoms with E-state index in [0.29, 0.717) is 10.1 Å². The Morgan fingerprint density at radius 3 is 2.55 bits per heavy atom. The SMILES string of the molecule is O=C(O)c1cnc2ccccc2c1Sc1ncccn1. The van der Waals surface area contributed by atoms with Crippen molar-refractivity contribution in [2.24, 2.45) is 0 Å². The van der Waals surface area contributed by atoms with Crippen LogP contribution in [0, 0.1) is 0 Å². The van der Waals surface area contributed by atoms with Crippen LogP contribution in [-0.2, 0) is 0 Å². The number of nitrogens with zero attached hydrogens (tertiary/aromatic N) is 3. The van der Waals surface area contributed by atoms with Gasteiger partial charge < -0.3 is 5.11 Å². The summed E-state index contributed by atoms with van der Waals surface area (Å²) in [5.41, 5.74) is 0.900. The van der Waals surface area contributed by atoms with Crippen molar-refractivity contribution >= 4 is 28.6 Å². The Morgan fingerprint density at radius 2 is 1.80 bits per heavy atom. The lowest BCUT2D eigenvalue weighted by molar-refractivity contribution is 0.0693. The molecule has 0 spiro atoms. The van der Waals surface area contributed by atoms with Crippen molar-refractivity contribution in [2.45, 2.75) is 10.1 Å². The molecule has 3 aromatic rings. The summed E-state index contributed by atoms with van der Waals surface area (Å²) in [6, 6.07) is 9.12. The van der Waals surface area contributed by atoms with Crippen LogP contribution in [-0.4, -0.2) is 26.0 Å². The van der Waals surface area contributed by atoms with Crippen LogP contribution >= 0.6 is 11.8 Å². The number of pyridine rings is 1. The van der Waals surface area contributed by atoms with Crippen LogP contribution in [0.4, 0.5) is 0 Å². The number of aromatic nitrogens is 3. The molecule has 0 amide bonds. The van der Waals surface area contributed by atoms with Gasteiger partial charge in [0.05, 0.1) is 11.1 Å². The number of hydrogen-bond donors (Lipinski definition) is 1. The monoisotopic (exact) mass is 283 g/mol. The minimum absolute atomic E-state index is 0.154. The number of carboxylic acids is 1. The molecule has 0 radical (unpaired) electrons. The Balaban J connectivity index is 2.20. The van der Waals surface area contributed by atoms with Gasteiger partial charge in [0, 0.05) is 28.9 Å². The van der Waals surface area contributed by atoms with Crippen molar-refractivity contribution in [3.63, 3.8) is 0 Å². The first kappa shape index (κ1) is 12.6. The van der Waals surface area contributed by atoms with Gasteiger partial charge in [0.25, 0.3) is 0 Å². The molecule has 1 N–H and O–H groups in total. The lowest BCUT2D eigenvalue weighted by Gasteiger charge is -2.08. The Labute approximate surface area is 118 Å². The zero-order valence-corrected chi connectivity index (χ0v) is 11.0. The van der Waals surface area contributed by atoms with Gasteiger partial charge in [0.15, 0.2) is 5.16 Å². The number of rotatable bonds is 3. The van der Waals surface area contributed by atoms with E-state index in [1.165, 1.54) is 18.0 Å². The summed E-state index contributed by atoms with van der Waals surface area (Å²) in [6.07, 6.45) is 4.62. The molecule has 98 valence electrons. The van der Waals surface area contributed by atoms with Crippen molar-refractivity contribution in [1.29, 1.82) is 0 Å². The number of fused-ring (bicyclic) bond motifs is 1. The fourth-order valence-electron chi connectivity index (χ4n) is 1.81. The second kappa shape index (κ2) is 5.26. The average molecular weight is 283 g/mol. The zero-order valence-electron chi connectivity index (χ0n) is 10.2. The molecule has 6 heteroatoms. The lowest BCUT2D eigenvalue weighted by atomic mass is 10.1. The van der Waals surface area contributed by atoms with Crippen LogP contribution in [0.25, 0.3) is 10.9 Å². The molecule has 2 heterocycles. The topological polar surface area (TPSA) is 76.0 Å². The molecule has 2 aromatic heterocycles. The summed E-state index contributed by atoms with van der Waals surface area (Å²) in [4.78, 5) is 24.4. The number of para-hydroxylation sites is 1. The first-order valence-electron chi connectivity index (χ1n) is 5.81. The number of carboxylic acid groups (broad SMARTS) is 1. The second-order valence-electron chi connectivity index (χ2n) is 3.96. The number of aromatic carboxylic acids is 1. The van der Waals surface area contributed by atoms with E-state index in [4.69, 9.17) is 0 Å². The highest BCUT2D eigenvalue weighted by atomic mass is 32.2. The molecule has 3 rings (SSSR count). The minimum Gasteiger partial charge on any atom is -0.478 e. The van der Waals surface area contributed by atoms with Gasteiger partial charge in [-0.25, -0.2) is 14.8 Å². The highest BCUT2D eigenvalue weighted by Gasteiger charge is 2.16. The fraction of sp³-hybridized carbons (Fsp3) is 0. The number of hydrogen-bond acceptors (Lipinski definition) is 5. The van der Waals surface area contributed by atoms with Crippen molar-refractivity contribution in [3.8, 4) is 0 Å². The Bertz CT molecular complexity index is 778. The van der Waals surface area contributed by atoms with Crippen molar-refractivity contribution in [1.82, 2.24) is 15.0 Å². The first-order chi connectivity index (χ1) is 9.75. The molecule has 0 atom stereocenters. The van der Waals surface area contributed by atoms with E-state index < -0.39 is 5.97 Å². The smallest absolute Gasteiger partial charge is 0.338 e. The van der Waals surface area contributed by atoms with Crippen LogP contribution in [0.2, 0.25) is 0 Å². The third-order valence-electron chi connectivity index (χ3n) is 2.69. The minimum atomic E-state index is -1.01. The molecular weight excluding hydrogens is 274 g/mol. The van der Waals surface area contributed by atoms with Crippen LogP contribution in [0.3, 0.4) is 0 Å². The van der Waals surface area contributed by atoms with Gasteiger partial charge >= 0.3 is 5.97 Å². The van der Waals surface area contributed by atoms with E-state index in [1.54, 1.807) is 18.5 Å². The van der Waals surface area contributed by atoms with Crippen molar-refractivity contribution in [2.75, 3.05) is 0 Å². The third-order valence-corrected chi connectivity index (χ3v) is 3.73. The Hall–Kier alpha value is -2.47. The first-order valence-corrected chi connectivity index (χ1v) is 6.63. The van der Waals surface area contributed by atoms with E-state index in [-0.39, 0.29) is 5.56 Å². The summed E-state index contributed by atoms with van der Waals surface area (Å²) in [6.45, 7) is 0. The molecule has 20 heavy (non-hydrogen) atoms. The van der Waals surface area contributed by atoms with Gasteiger partial charge in [-0.2, -0.15) is 0 Å². The van der Waals surface area contributed by atoms with E-state index in [0.717, 1.165) is 10.9 Å². The predicted octanol–water partition coefficient (Wildman–Crippen LogP) is 2.87. The Morgan fingerprint density at radius 1 is 1.05 bits per heavy atom. The van der Waals surface area contributed by atoms with Gasteiger partial charge in [0.2, 0.25) is 0 Å². The van der Waals surface area contributed by atoms with E-state index in [1.807, 2.05) is 24.3 Å². The standard InChI is InChI=1S/C14H9N3O2S/c18-13(19)10-8-17-11-5-2-1-4-9(11)12(10)20-14-15-6-3-7-16-14/h1-8H,(H,18,19). The highest BCUT2D eigenvalue weighted by Crippen LogP contribution is 2.33. The van der Waals surface area contributed by atoms with Crippen molar-refractivity contribution in [3.05, 3.63) is 54.5 Å². The Kier molecular flexibility index (Phi) is 3.30. The average Bonchev–Trinajstić information content (AvgIpc) is 2.48. The largest absolute Gasteiger partial charge is 0.478 e. The maximum atomic E-state index is 11.4. The molecule has 0 saturated heterocycles. The third kappa shape index (κ3) is 2.33. The lowest BCUT2D eigenvalue weighted by Crippen LogP contribution is -2.01. The molecule has 5 nitrogen and oxygen atoms in total. The fourth-order valence-corrected chi connectivity index (χ4v) is 2.75. The molecule has 0 saturated carbocycles. The summed E-state index contributed by atoms with van der Waals surface area (Å²) >= 11 is 1.23. The normalized spacial score (nSPS) is 10.6. The second-order valence-corrected chi connectivity index (χ2v) is 4.93. The van der Waals surface area contributed by atoms with E-state index >= 15 is 0 Å². The molecular formula is C14H9N3O2S. The molecule has 0 bridgehead atoms. The van der Waals surface area contributed by atoms with Crippen LogP contribution in [0.15, 0.2) is 59.0 Å². The molecule has 0 unspecified atom stereocenters. The summed E-state index contributed by atoms with van der Waals surface area (Å²) in [5.74, 6) is -1.01. The van der Waals surface area contributed by atoms with Crippen molar-refractivity contribution < 1.29 is 9.90 Å². The maximum Gasteiger partial charge on any atom is 0.338 e. The molecule has 0 aliphatic heterocycles. The van der Waals surface area contributed by atoms with Gasteiger partial charge in [-0.05, 0) is 23.9 Å². The number of carbonyl (C=O) groups is 1. The summed E-state index contributed by atoms with van der Waals surface area (Å²) < 4.78 is 0. The molecule has 0 aliphatic rings.